The molecule has 1 unspecified atom stereocenters. The molecule has 7 heteroatoms. The SMILES string of the molecule is CCC(=O)O.O=C(O)C(F)CF.[LiH]. The van der Waals surface area contributed by atoms with Gasteiger partial charge in [0.15, 0.2) is 0 Å². The Balaban J connectivity index is -0.000000150. The van der Waals surface area contributed by atoms with Crippen LogP contribution in [0, 0.1) is 0 Å². The number of hydrogen-bond acceptors (Lipinski definition) is 2. The van der Waals surface area contributed by atoms with Crippen molar-refractivity contribution in [1.29, 1.82) is 0 Å². The minimum absolute atomic E-state index is 0. The van der Waals surface area contributed by atoms with Crippen LogP contribution in [0.2, 0.25) is 0 Å². The number of carbonyl (C=O) groups is 2. The van der Waals surface area contributed by atoms with Crippen LogP contribution in [0.15, 0.2) is 0 Å². The second kappa shape index (κ2) is 11.4. The molecule has 0 saturated carbocycles. The van der Waals surface area contributed by atoms with Gasteiger partial charge >= 0.3 is 30.8 Å². The molecule has 0 saturated heterocycles. The first-order chi connectivity index (χ1) is 5.45. The third-order valence-corrected chi connectivity index (χ3v) is 0.706. The summed E-state index contributed by atoms with van der Waals surface area (Å²) in [5, 5.41) is 15.3. The van der Waals surface area contributed by atoms with Gasteiger partial charge in [-0.2, -0.15) is 0 Å². The third-order valence-electron chi connectivity index (χ3n) is 0.706. The first kappa shape index (κ1) is 18.2. The summed E-state index contributed by atoms with van der Waals surface area (Å²) in [6.07, 6.45) is -2.12. The van der Waals surface area contributed by atoms with Gasteiger partial charge in [-0.1, -0.05) is 6.92 Å². The average Bonchev–Trinajstić information content (AvgIpc) is 2.04. The first-order valence-corrected chi connectivity index (χ1v) is 3.10. The first-order valence-electron chi connectivity index (χ1n) is 3.10. The zero-order valence-corrected chi connectivity index (χ0v) is 6.46. The van der Waals surface area contributed by atoms with Gasteiger partial charge in [-0.15, -0.1) is 0 Å². The average molecular weight is 192 g/mol. The Morgan fingerprint density at radius 3 is 1.69 bits per heavy atom. The number of alkyl halides is 2. The van der Waals surface area contributed by atoms with Gasteiger partial charge in [0.1, 0.15) is 6.67 Å². The summed E-state index contributed by atoms with van der Waals surface area (Å²) in [7, 11) is 0. The second-order valence-electron chi connectivity index (χ2n) is 1.71. The molecule has 0 aliphatic rings. The molecule has 0 heterocycles. The summed E-state index contributed by atoms with van der Waals surface area (Å²) in [6.45, 7) is 0.150. The molecule has 0 aromatic rings. The molecule has 2 N–H and O–H groups in total. The van der Waals surface area contributed by atoms with Gasteiger partial charge in [-0.3, -0.25) is 4.79 Å². The maximum atomic E-state index is 11.3. The molecule has 0 bridgehead atoms. The molecule has 0 aromatic carbocycles. The van der Waals surface area contributed by atoms with E-state index in [2.05, 4.69) is 0 Å². The van der Waals surface area contributed by atoms with Crippen LogP contribution in [-0.2, 0) is 9.59 Å². The van der Waals surface area contributed by atoms with Crippen LogP contribution in [-0.4, -0.2) is 53.9 Å². The fourth-order valence-corrected chi connectivity index (χ4v) is 0.0660. The molecule has 1 atom stereocenters. The van der Waals surface area contributed by atoms with Gasteiger partial charge < -0.3 is 10.2 Å². The molecule has 0 rings (SSSR count). The van der Waals surface area contributed by atoms with Crippen molar-refractivity contribution in [1.82, 2.24) is 0 Å². The Bertz CT molecular complexity index is 154. The summed E-state index contributed by atoms with van der Waals surface area (Å²) in [6, 6.07) is 0. The molecule has 0 amide bonds. The molecular weight excluding hydrogens is 181 g/mol. The molecule has 13 heavy (non-hydrogen) atoms. The summed E-state index contributed by atoms with van der Waals surface area (Å²) >= 11 is 0. The van der Waals surface area contributed by atoms with Crippen molar-refractivity contribution in [3.05, 3.63) is 0 Å². The molecule has 4 nitrogen and oxygen atoms in total. The third kappa shape index (κ3) is 18.4. The Hall–Kier alpha value is -0.603. The Morgan fingerprint density at radius 2 is 1.69 bits per heavy atom. The number of halogens is 2. The second-order valence-corrected chi connectivity index (χ2v) is 1.71. The van der Waals surface area contributed by atoms with Crippen LogP contribution < -0.4 is 0 Å². The predicted molar refractivity (Wildman–Crippen MR) is 43.6 cm³/mol. The van der Waals surface area contributed by atoms with Crippen molar-refractivity contribution >= 4 is 30.8 Å². The standard InChI is InChI=1S/C3H4F2O2.C3H6O2.Li.H/c4-1-2(5)3(6)7;1-2-3(4)5;;/h2H,1H2,(H,6,7);2H2,1H3,(H,4,5);;. The van der Waals surface area contributed by atoms with E-state index in [9.17, 15) is 18.4 Å². The van der Waals surface area contributed by atoms with E-state index in [1.54, 1.807) is 6.92 Å². The van der Waals surface area contributed by atoms with Crippen molar-refractivity contribution in [2.24, 2.45) is 0 Å². The zero-order valence-electron chi connectivity index (χ0n) is 6.46. The number of rotatable bonds is 3. The van der Waals surface area contributed by atoms with Crippen molar-refractivity contribution in [2.45, 2.75) is 19.5 Å². The molecular formula is C6H11F2LiO4. The minimum atomic E-state index is -2.35. The number of carboxylic acids is 2. The normalized spacial score (nSPS) is 10.1. The van der Waals surface area contributed by atoms with E-state index in [1.807, 2.05) is 0 Å². The van der Waals surface area contributed by atoms with Gasteiger partial charge in [0.05, 0.1) is 0 Å². The van der Waals surface area contributed by atoms with Crippen LogP contribution in [0.5, 0.6) is 0 Å². The van der Waals surface area contributed by atoms with Crippen LogP contribution >= 0.6 is 0 Å². The van der Waals surface area contributed by atoms with E-state index >= 15 is 0 Å². The van der Waals surface area contributed by atoms with E-state index in [0.29, 0.717) is 0 Å². The van der Waals surface area contributed by atoms with Crippen LogP contribution in [0.4, 0.5) is 8.78 Å². The molecule has 0 spiro atoms. The zero-order chi connectivity index (χ0) is 10.1. The Morgan fingerprint density at radius 1 is 1.38 bits per heavy atom. The Labute approximate surface area is 86.1 Å². The van der Waals surface area contributed by atoms with Gasteiger partial charge in [0.2, 0.25) is 6.17 Å². The molecule has 74 valence electrons. The summed E-state index contributed by atoms with van der Waals surface area (Å²) in [5.74, 6) is -2.49. The quantitative estimate of drug-likeness (QED) is 0.627. The maximum absolute atomic E-state index is 11.3. The van der Waals surface area contributed by atoms with Gasteiger partial charge in [0, 0.05) is 6.42 Å². The molecule has 0 aromatic heterocycles. The topological polar surface area (TPSA) is 74.6 Å². The van der Waals surface area contributed by atoms with E-state index in [1.165, 1.54) is 0 Å². The van der Waals surface area contributed by atoms with E-state index in [-0.39, 0.29) is 25.3 Å². The van der Waals surface area contributed by atoms with Crippen molar-refractivity contribution < 1.29 is 28.6 Å². The summed E-state index contributed by atoms with van der Waals surface area (Å²) in [5.41, 5.74) is 0. The number of aliphatic carboxylic acids is 2. The predicted octanol–water partition coefficient (Wildman–Crippen LogP) is 0.211. The summed E-state index contributed by atoms with van der Waals surface area (Å²) < 4.78 is 22.2. The van der Waals surface area contributed by atoms with Gasteiger partial charge in [-0.05, 0) is 0 Å². The van der Waals surface area contributed by atoms with Crippen LogP contribution in [0.1, 0.15) is 13.3 Å². The van der Waals surface area contributed by atoms with E-state index in [0.717, 1.165) is 0 Å². The molecule has 0 aliphatic heterocycles. The molecule has 0 radical (unpaired) electrons. The molecule has 0 fully saturated rings. The van der Waals surface area contributed by atoms with Crippen LogP contribution in [0.25, 0.3) is 0 Å². The number of carboxylic acid groups (broad SMARTS) is 2. The van der Waals surface area contributed by atoms with Crippen LogP contribution in [0.3, 0.4) is 0 Å². The van der Waals surface area contributed by atoms with Crippen molar-refractivity contribution in [3.63, 3.8) is 0 Å². The number of hydrogen-bond donors (Lipinski definition) is 2. The fourth-order valence-electron chi connectivity index (χ4n) is 0.0660. The van der Waals surface area contributed by atoms with Crippen molar-refractivity contribution in [3.8, 4) is 0 Å². The Kier molecular flexibility index (Phi) is 16.0. The monoisotopic (exact) mass is 192 g/mol. The van der Waals surface area contributed by atoms with Gasteiger partial charge in [0.25, 0.3) is 0 Å². The van der Waals surface area contributed by atoms with E-state index < -0.39 is 24.8 Å². The van der Waals surface area contributed by atoms with Crippen molar-refractivity contribution in [2.75, 3.05) is 6.67 Å². The van der Waals surface area contributed by atoms with E-state index in [4.69, 9.17) is 10.2 Å². The summed E-state index contributed by atoms with van der Waals surface area (Å²) in [4.78, 5) is 18.7. The fraction of sp³-hybridized carbons (Fsp3) is 0.667. The van der Waals surface area contributed by atoms with Gasteiger partial charge in [-0.25, -0.2) is 13.6 Å². The molecule has 0 aliphatic carbocycles.